The fourth-order valence-electron chi connectivity index (χ4n) is 0.351. The Labute approximate surface area is 58.8 Å². The van der Waals surface area contributed by atoms with Gasteiger partial charge in [-0.15, -0.1) is 12.4 Å². The Bertz CT molecular complexity index is 153. The number of nitrogens with one attached hydrogen (secondary N) is 1. The molecule has 0 aromatic rings. The maximum absolute atomic E-state index is 10.3. The number of rotatable bonds is 0. The summed E-state index contributed by atoms with van der Waals surface area (Å²) in [6, 6.07) is 0. The van der Waals surface area contributed by atoms with Crippen LogP contribution in [0.2, 0.25) is 0 Å². The van der Waals surface area contributed by atoms with E-state index in [4.69, 9.17) is 0 Å². The van der Waals surface area contributed by atoms with Gasteiger partial charge in [-0.25, -0.2) is 4.79 Å². The summed E-state index contributed by atoms with van der Waals surface area (Å²) in [5.41, 5.74) is 0. The minimum Gasteiger partial charge on any atom is -0.430 e. The van der Waals surface area contributed by atoms with E-state index in [1.165, 1.54) is 24.7 Å². The molecule has 0 amide bonds. The standard InChI is InChI=1S/C5H5NO2.ClH/c7-5-1-2-6-3-4-8-5;/h1-4,6H;1H. The summed E-state index contributed by atoms with van der Waals surface area (Å²) in [4.78, 5) is 10.3. The lowest BCUT2D eigenvalue weighted by molar-refractivity contribution is -0.132. The first-order valence-electron chi connectivity index (χ1n) is 2.18. The van der Waals surface area contributed by atoms with E-state index < -0.39 is 0 Å². The normalized spacial score (nSPS) is 14.9. The van der Waals surface area contributed by atoms with Gasteiger partial charge in [0.2, 0.25) is 0 Å². The van der Waals surface area contributed by atoms with E-state index in [2.05, 4.69) is 10.1 Å². The molecule has 1 aliphatic rings. The Kier molecular flexibility index (Phi) is 3.55. The highest BCUT2D eigenvalue weighted by Gasteiger charge is 1.92. The van der Waals surface area contributed by atoms with E-state index in [-0.39, 0.29) is 18.4 Å². The Balaban J connectivity index is 0.000000640. The largest absolute Gasteiger partial charge is 0.430 e. The molecule has 0 saturated heterocycles. The van der Waals surface area contributed by atoms with Crippen LogP contribution in [0.5, 0.6) is 0 Å². The molecule has 0 atom stereocenters. The van der Waals surface area contributed by atoms with Gasteiger partial charge in [0.05, 0.1) is 0 Å². The van der Waals surface area contributed by atoms with Gasteiger partial charge in [-0.3, -0.25) is 0 Å². The van der Waals surface area contributed by atoms with E-state index >= 15 is 0 Å². The molecular weight excluding hydrogens is 142 g/mol. The lowest BCUT2D eigenvalue weighted by atomic mass is 10.6. The van der Waals surface area contributed by atoms with E-state index in [0.717, 1.165) is 0 Å². The average molecular weight is 148 g/mol. The molecule has 1 N–H and O–H groups in total. The molecule has 9 heavy (non-hydrogen) atoms. The number of carbonyl (C=O) groups excluding carboxylic acids is 1. The third-order valence-corrected chi connectivity index (χ3v) is 0.664. The summed E-state index contributed by atoms with van der Waals surface area (Å²) in [6.45, 7) is 0. The first-order chi connectivity index (χ1) is 3.89. The molecule has 1 rings (SSSR count). The Morgan fingerprint density at radius 3 is 3.00 bits per heavy atom. The van der Waals surface area contributed by atoms with Crippen LogP contribution in [0, 0.1) is 0 Å². The molecule has 0 bridgehead atoms. The zero-order valence-corrected chi connectivity index (χ0v) is 5.35. The molecule has 50 valence electrons. The van der Waals surface area contributed by atoms with Crippen molar-refractivity contribution in [2.24, 2.45) is 0 Å². The molecule has 4 heteroatoms. The smallest absolute Gasteiger partial charge is 0.337 e. The summed E-state index contributed by atoms with van der Waals surface area (Å²) in [6.07, 6.45) is 5.63. The number of hydrogen-bond acceptors (Lipinski definition) is 3. The fraction of sp³-hybridized carbons (Fsp3) is 0. The first-order valence-corrected chi connectivity index (χ1v) is 2.18. The van der Waals surface area contributed by atoms with Gasteiger partial charge in [-0.05, 0) is 0 Å². The maximum Gasteiger partial charge on any atom is 0.337 e. The van der Waals surface area contributed by atoms with Crippen LogP contribution in [0.25, 0.3) is 0 Å². The number of halogens is 1. The van der Waals surface area contributed by atoms with Crippen molar-refractivity contribution in [3.63, 3.8) is 0 Å². The van der Waals surface area contributed by atoms with Gasteiger partial charge < -0.3 is 10.1 Å². The highest BCUT2D eigenvalue weighted by molar-refractivity contribution is 5.85. The second-order valence-electron chi connectivity index (χ2n) is 1.24. The quantitative estimate of drug-likeness (QED) is 0.509. The van der Waals surface area contributed by atoms with Crippen molar-refractivity contribution in [1.82, 2.24) is 5.32 Å². The SMILES string of the molecule is Cl.O=C1C=CNC=CO1. The average Bonchev–Trinajstić information content (AvgIpc) is 1.94. The topological polar surface area (TPSA) is 38.3 Å². The molecule has 1 aliphatic heterocycles. The van der Waals surface area contributed by atoms with Crippen molar-refractivity contribution < 1.29 is 9.53 Å². The Morgan fingerprint density at radius 1 is 1.44 bits per heavy atom. The van der Waals surface area contributed by atoms with Crippen molar-refractivity contribution in [2.45, 2.75) is 0 Å². The molecule has 0 fully saturated rings. The third-order valence-electron chi connectivity index (χ3n) is 0.664. The molecule has 0 aromatic heterocycles. The Hall–Kier alpha value is -0.960. The van der Waals surface area contributed by atoms with E-state index in [1.54, 1.807) is 0 Å². The van der Waals surface area contributed by atoms with Crippen LogP contribution >= 0.6 is 12.4 Å². The highest BCUT2D eigenvalue weighted by Crippen LogP contribution is 1.84. The lowest BCUT2D eigenvalue weighted by Gasteiger charge is -1.84. The van der Waals surface area contributed by atoms with Crippen molar-refractivity contribution in [3.8, 4) is 0 Å². The van der Waals surface area contributed by atoms with Gasteiger partial charge in [-0.1, -0.05) is 0 Å². The third kappa shape index (κ3) is 2.77. The summed E-state index contributed by atoms with van der Waals surface area (Å²) < 4.78 is 4.43. The van der Waals surface area contributed by atoms with Crippen LogP contribution in [0.4, 0.5) is 0 Å². The summed E-state index contributed by atoms with van der Waals surface area (Å²) in [7, 11) is 0. The van der Waals surface area contributed by atoms with Crippen LogP contribution in [-0.2, 0) is 9.53 Å². The number of esters is 1. The lowest BCUT2D eigenvalue weighted by Crippen LogP contribution is -1.91. The minimum atomic E-state index is -0.355. The van der Waals surface area contributed by atoms with Gasteiger partial charge in [0.25, 0.3) is 0 Å². The van der Waals surface area contributed by atoms with Crippen molar-refractivity contribution >= 4 is 18.4 Å². The van der Waals surface area contributed by atoms with Crippen LogP contribution in [0.15, 0.2) is 24.7 Å². The van der Waals surface area contributed by atoms with Crippen LogP contribution in [0.1, 0.15) is 0 Å². The van der Waals surface area contributed by atoms with E-state index in [1.807, 2.05) is 0 Å². The summed E-state index contributed by atoms with van der Waals surface area (Å²) >= 11 is 0. The van der Waals surface area contributed by atoms with E-state index in [9.17, 15) is 4.79 Å². The van der Waals surface area contributed by atoms with Crippen LogP contribution in [-0.4, -0.2) is 5.97 Å². The highest BCUT2D eigenvalue weighted by atomic mass is 35.5. The summed E-state index contributed by atoms with van der Waals surface area (Å²) in [5.74, 6) is -0.355. The maximum atomic E-state index is 10.3. The zero-order chi connectivity index (χ0) is 5.82. The van der Waals surface area contributed by atoms with Gasteiger partial charge >= 0.3 is 5.97 Å². The molecule has 0 spiro atoms. The van der Waals surface area contributed by atoms with Gasteiger partial charge in [-0.2, -0.15) is 0 Å². The second kappa shape index (κ2) is 3.97. The fourth-order valence-corrected chi connectivity index (χ4v) is 0.351. The van der Waals surface area contributed by atoms with Gasteiger partial charge in [0, 0.05) is 18.5 Å². The number of carbonyl (C=O) groups is 1. The minimum absolute atomic E-state index is 0. The van der Waals surface area contributed by atoms with Crippen molar-refractivity contribution in [2.75, 3.05) is 0 Å². The predicted molar refractivity (Wildman–Crippen MR) is 34.8 cm³/mol. The van der Waals surface area contributed by atoms with E-state index in [0.29, 0.717) is 0 Å². The van der Waals surface area contributed by atoms with Crippen molar-refractivity contribution in [1.29, 1.82) is 0 Å². The molecule has 0 unspecified atom stereocenters. The van der Waals surface area contributed by atoms with Gasteiger partial charge in [0.15, 0.2) is 0 Å². The zero-order valence-electron chi connectivity index (χ0n) is 4.53. The first kappa shape index (κ1) is 8.04. The Morgan fingerprint density at radius 2 is 2.22 bits per heavy atom. The molecule has 0 radical (unpaired) electrons. The number of cyclic esters (lactones) is 1. The monoisotopic (exact) mass is 147 g/mol. The summed E-state index contributed by atoms with van der Waals surface area (Å²) in [5, 5.41) is 2.67. The molecule has 1 heterocycles. The molecular formula is C5H6ClNO2. The van der Waals surface area contributed by atoms with Crippen LogP contribution < -0.4 is 5.32 Å². The molecule has 0 aromatic carbocycles. The number of ether oxygens (including phenoxy) is 1. The molecule has 0 saturated carbocycles. The molecule has 0 aliphatic carbocycles. The number of hydrogen-bond donors (Lipinski definition) is 1. The van der Waals surface area contributed by atoms with Crippen LogP contribution in [0.3, 0.4) is 0 Å². The molecule has 3 nitrogen and oxygen atoms in total. The van der Waals surface area contributed by atoms with Gasteiger partial charge in [0.1, 0.15) is 6.26 Å². The van der Waals surface area contributed by atoms with Crippen molar-refractivity contribution in [3.05, 3.63) is 24.7 Å². The second-order valence-corrected chi connectivity index (χ2v) is 1.24. The predicted octanol–water partition coefficient (Wildman–Crippen LogP) is 0.539.